The first-order chi connectivity index (χ1) is 13.6. The molecule has 0 aliphatic carbocycles. The number of benzene rings is 2. The molecule has 1 fully saturated rings. The van der Waals surface area contributed by atoms with Crippen molar-refractivity contribution in [2.75, 3.05) is 18.4 Å². The quantitative estimate of drug-likeness (QED) is 0.797. The molecular formula is C23H29N3O2. The Hall–Kier alpha value is -2.82. The monoisotopic (exact) mass is 379 g/mol. The molecule has 0 saturated carbocycles. The molecule has 0 aromatic heterocycles. The number of piperidine rings is 1. The predicted octanol–water partition coefficient (Wildman–Crippen LogP) is 3.99. The number of rotatable bonds is 6. The van der Waals surface area contributed by atoms with Crippen LogP contribution in [0.1, 0.15) is 37.3 Å². The number of para-hydroxylation sites is 1. The summed E-state index contributed by atoms with van der Waals surface area (Å²) in [5, 5.41) is 5.85. The van der Waals surface area contributed by atoms with Crippen LogP contribution in [0.5, 0.6) is 0 Å². The molecule has 1 saturated heterocycles. The van der Waals surface area contributed by atoms with Crippen molar-refractivity contribution in [3.8, 4) is 0 Å². The van der Waals surface area contributed by atoms with Gasteiger partial charge in [0.15, 0.2) is 0 Å². The van der Waals surface area contributed by atoms with E-state index >= 15 is 0 Å². The Morgan fingerprint density at radius 3 is 2.25 bits per heavy atom. The fourth-order valence-electron chi connectivity index (χ4n) is 3.50. The molecule has 5 nitrogen and oxygen atoms in total. The minimum atomic E-state index is -0.188. The largest absolute Gasteiger partial charge is 0.343 e. The molecule has 0 bridgehead atoms. The second-order valence-electron chi connectivity index (χ2n) is 7.29. The highest BCUT2D eigenvalue weighted by atomic mass is 16.2. The SMILES string of the molecule is CCc1ccc(CCC(=O)N2CCC(NC(=O)Nc3ccccc3)CC2)cc1. The van der Waals surface area contributed by atoms with Gasteiger partial charge in [0, 0.05) is 31.2 Å². The van der Waals surface area contributed by atoms with E-state index < -0.39 is 0 Å². The minimum Gasteiger partial charge on any atom is -0.343 e. The molecule has 2 N–H and O–H groups in total. The smallest absolute Gasteiger partial charge is 0.319 e. The van der Waals surface area contributed by atoms with E-state index in [9.17, 15) is 9.59 Å². The summed E-state index contributed by atoms with van der Waals surface area (Å²) in [6, 6.07) is 17.8. The maximum Gasteiger partial charge on any atom is 0.319 e. The van der Waals surface area contributed by atoms with Crippen LogP contribution >= 0.6 is 0 Å². The summed E-state index contributed by atoms with van der Waals surface area (Å²) in [7, 11) is 0. The van der Waals surface area contributed by atoms with Gasteiger partial charge in [0.05, 0.1) is 0 Å². The van der Waals surface area contributed by atoms with Gasteiger partial charge in [0.2, 0.25) is 5.91 Å². The molecule has 5 heteroatoms. The summed E-state index contributed by atoms with van der Waals surface area (Å²) in [5.41, 5.74) is 3.31. The highest BCUT2D eigenvalue weighted by Gasteiger charge is 2.23. The number of aryl methyl sites for hydroxylation is 2. The molecular weight excluding hydrogens is 350 g/mol. The Labute approximate surface area is 167 Å². The second-order valence-corrected chi connectivity index (χ2v) is 7.29. The lowest BCUT2D eigenvalue weighted by molar-refractivity contribution is -0.132. The molecule has 1 aliphatic rings. The molecule has 3 amide bonds. The number of amides is 3. The minimum absolute atomic E-state index is 0.106. The molecule has 148 valence electrons. The molecule has 0 atom stereocenters. The van der Waals surface area contributed by atoms with Crippen LogP contribution in [0, 0.1) is 0 Å². The van der Waals surface area contributed by atoms with Crippen molar-refractivity contribution < 1.29 is 9.59 Å². The van der Waals surface area contributed by atoms with Gasteiger partial charge in [0.25, 0.3) is 0 Å². The van der Waals surface area contributed by atoms with Gasteiger partial charge in [-0.05, 0) is 48.9 Å². The fourth-order valence-corrected chi connectivity index (χ4v) is 3.50. The summed E-state index contributed by atoms with van der Waals surface area (Å²) in [6.07, 6.45) is 3.93. The van der Waals surface area contributed by atoms with E-state index in [1.54, 1.807) is 0 Å². The van der Waals surface area contributed by atoms with Gasteiger partial charge >= 0.3 is 6.03 Å². The summed E-state index contributed by atoms with van der Waals surface area (Å²) in [4.78, 5) is 26.5. The fraction of sp³-hybridized carbons (Fsp3) is 0.391. The third-order valence-corrected chi connectivity index (χ3v) is 5.27. The molecule has 0 unspecified atom stereocenters. The van der Waals surface area contributed by atoms with Crippen LogP contribution < -0.4 is 10.6 Å². The Morgan fingerprint density at radius 2 is 1.61 bits per heavy atom. The third-order valence-electron chi connectivity index (χ3n) is 5.27. The molecule has 0 spiro atoms. The topological polar surface area (TPSA) is 61.4 Å². The highest BCUT2D eigenvalue weighted by molar-refractivity contribution is 5.89. The molecule has 0 radical (unpaired) electrons. The van der Waals surface area contributed by atoms with E-state index in [-0.39, 0.29) is 18.0 Å². The van der Waals surface area contributed by atoms with Gasteiger partial charge in [-0.3, -0.25) is 4.79 Å². The normalized spacial score (nSPS) is 14.5. The first-order valence-electron chi connectivity index (χ1n) is 10.1. The average Bonchev–Trinajstić information content (AvgIpc) is 2.73. The van der Waals surface area contributed by atoms with Crippen molar-refractivity contribution in [1.29, 1.82) is 0 Å². The predicted molar refractivity (Wildman–Crippen MR) is 112 cm³/mol. The number of carbonyl (C=O) groups excluding carboxylic acids is 2. The van der Waals surface area contributed by atoms with E-state index in [1.165, 1.54) is 11.1 Å². The standard InChI is InChI=1S/C23H29N3O2/c1-2-18-8-10-19(11-9-18)12-13-22(27)26-16-14-21(15-17-26)25-23(28)24-20-6-4-3-5-7-20/h3-11,21H,2,12-17H2,1H3,(H2,24,25,28). The Morgan fingerprint density at radius 1 is 0.964 bits per heavy atom. The van der Waals surface area contributed by atoms with Crippen LogP contribution in [-0.4, -0.2) is 36.0 Å². The summed E-state index contributed by atoms with van der Waals surface area (Å²) in [6.45, 7) is 3.54. The molecule has 1 heterocycles. The molecule has 2 aromatic carbocycles. The van der Waals surface area contributed by atoms with Crippen LogP contribution in [0.15, 0.2) is 54.6 Å². The van der Waals surface area contributed by atoms with Gasteiger partial charge in [-0.2, -0.15) is 0 Å². The Kier molecular flexibility index (Phi) is 7.06. The van der Waals surface area contributed by atoms with E-state index in [1.807, 2.05) is 35.2 Å². The zero-order chi connectivity index (χ0) is 19.8. The van der Waals surface area contributed by atoms with Gasteiger partial charge in [-0.15, -0.1) is 0 Å². The van der Waals surface area contributed by atoms with Crippen molar-refractivity contribution in [2.45, 2.75) is 45.1 Å². The zero-order valence-corrected chi connectivity index (χ0v) is 16.5. The van der Waals surface area contributed by atoms with Crippen LogP contribution in [0.2, 0.25) is 0 Å². The highest BCUT2D eigenvalue weighted by Crippen LogP contribution is 2.14. The van der Waals surface area contributed by atoms with Crippen molar-refractivity contribution in [2.24, 2.45) is 0 Å². The number of hydrogen-bond donors (Lipinski definition) is 2. The van der Waals surface area contributed by atoms with Gasteiger partial charge < -0.3 is 15.5 Å². The van der Waals surface area contributed by atoms with Crippen molar-refractivity contribution in [3.05, 3.63) is 65.7 Å². The van der Waals surface area contributed by atoms with E-state index in [2.05, 4.69) is 41.8 Å². The number of anilines is 1. The van der Waals surface area contributed by atoms with Crippen molar-refractivity contribution in [1.82, 2.24) is 10.2 Å². The Balaban J connectivity index is 1.38. The average molecular weight is 380 g/mol. The molecule has 28 heavy (non-hydrogen) atoms. The van der Waals surface area contributed by atoms with E-state index in [0.717, 1.165) is 31.4 Å². The van der Waals surface area contributed by atoms with Gasteiger partial charge in [-0.1, -0.05) is 49.4 Å². The van der Waals surface area contributed by atoms with Crippen LogP contribution in [0.25, 0.3) is 0 Å². The number of likely N-dealkylation sites (tertiary alicyclic amines) is 1. The lowest BCUT2D eigenvalue weighted by Gasteiger charge is -2.32. The second kappa shape index (κ2) is 9.93. The summed E-state index contributed by atoms with van der Waals surface area (Å²) < 4.78 is 0. The summed E-state index contributed by atoms with van der Waals surface area (Å²) in [5.74, 6) is 0.201. The first-order valence-corrected chi connectivity index (χ1v) is 10.1. The van der Waals surface area contributed by atoms with Gasteiger partial charge in [0.1, 0.15) is 0 Å². The van der Waals surface area contributed by atoms with Crippen LogP contribution in [-0.2, 0) is 17.6 Å². The number of nitrogens with zero attached hydrogens (tertiary/aromatic N) is 1. The van der Waals surface area contributed by atoms with E-state index in [4.69, 9.17) is 0 Å². The maximum atomic E-state index is 12.5. The van der Waals surface area contributed by atoms with Crippen molar-refractivity contribution in [3.63, 3.8) is 0 Å². The van der Waals surface area contributed by atoms with Gasteiger partial charge in [-0.25, -0.2) is 4.79 Å². The molecule has 1 aliphatic heterocycles. The first kappa shape index (κ1) is 19.9. The number of nitrogens with one attached hydrogen (secondary N) is 2. The molecule has 2 aromatic rings. The lowest BCUT2D eigenvalue weighted by atomic mass is 10.0. The van der Waals surface area contributed by atoms with Crippen molar-refractivity contribution >= 4 is 17.6 Å². The maximum absolute atomic E-state index is 12.5. The summed E-state index contributed by atoms with van der Waals surface area (Å²) >= 11 is 0. The Bertz CT molecular complexity index is 766. The van der Waals surface area contributed by atoms with E-state index in [0.29, 0.717) is 19.5 Å². The van der Waals surface area contributed by atoms with Crippen LogP contribution in [0.4, 0.5) is 10.5 Å². The number of hydrogen-bond acceptors (Lipinski definition) is 2. The van der Waals surface area contributed by atoms with Crippen LogP contribution in [0.3, 0.4) is 0 Å². The lowest BCUT2D eigenvalue weighted by Crippen LogP contribution is -2.47. The zero-order valence-electron chi connectivity index (χ0n) is 16.5. The number of urea groups is 1. The number of carbonyl (C=O) groups is 2. The molecule has 3 rings (SSSR count). The third kappa shape index (κ3) is 5.84.